The molecule has 1 N–H and O–H groups in total. The summed E-state index contributed by atoms with van der Waals surface area (Å²) >= 11 is 0. The number of nitrogens with one attached hydrogen (secondary N) is 1. The van der Waals surface area contributed by atoms with Crippen molar-refractivity contribution in [1.82, 2.24) is 10.2 Å². The van der Waals surface area contributed by atoms with E-state index in [0.717, 1.165) is 39.4 Å². The van der Waals surface area contributed by atoms with Crippen molar-refractivity contribution in [1.29, 1.82) is 0 Å². The lowest BCUT2D eigenvalue weighted by atomic mass is 10.2. The molecule has 2 aliphatic rings. The summed E-state index contributed by atoms with van der Waals surface area (Å²) in [5, 5.41) is 3.47. The van der Waals surface area contributed by atoms with Gasteiger partial charge >= 0.3 is 0 Å². The molecule has 0 aromatic heterocycles. The Morgan fingerprint density at radius 3 is 3.14 bits per heavy atom. The van der Waals surface area contributed by atoms with Gasteiger partial charge in [-0.3, -0.25) is 4.90 Å². The summed E-state index contributed by atoms with van der Waals surface area (Å²) in [4.78, 5) is 2.46. The SMILES string of the molecule is COC1CCN(CC2COCCN2)C1. The maximum absolute atomic E-state index is 5.43. The van der Waals surface area contributed by atoms with E-state index in [2.05, 4.69) is 10.2 Å². The van der Waals surface area contributed by atoms with E-state index in [0.29, 0.717) is 12.1 Å². The Morgan fingerprint density at radius 1 is 1.57 bits per heavy atom. The second-order valence-corrected chi connectivity index (χ2v) is 4.13. The number of rotatable bonds is 3. The van der Waals surface area contributed by atoms with Gasteiger partial charge in [-0.1, -0.05) is 0 Å². The van der Waals surface area contributed by atoms with E-state index in [1.165, 1.54) is 6.42 Å². The van der Waals surface area contributed by atoms with Crippen LogP contribution >= 0.6 is 0 Å². The molecule has 14 heavy (non-hydrogen) atoms. The van der Waals surface area contributed by atoms with Gasteiger partial charge in [0.15, 0.2) is 0 Å². The zero-order chi connectivity index (χ0) is 9.80. The molecule has 2 saturated heterocycles. The summed E-state index contributed by atoms with van der Waals surface area (Å²) in [6, 6.07) is 0.513. The number of hydrogen-bond donors (Lipinski definition) is 1. The van der Waals surface area contributed by atoms with Crippen LogP contribution in [0.3, 0.4) is 0 Å². The van der Waals surface area contributed by atoms with Crippen molar-refractivity contribution in [2.45, 2.75) is 18.6 Å². The zero-order valence-electron chi connectivity index (χ0n) is 8.87. The Balaban J connectivity index is 1.69. The fourth-order valence-corrected chi connectivity index (χ4v) is 2.20. The third-order valence-corrected chi connectivity index (χ3v) is 3.04. The van der Waals surface area contributed by atoms with Gasteiger partial charge in [-0.2, -0.15) is 0 Å². The first kappa shape index (κ1) is 10.4. The van der Waals surface area contributed by atoms with E-state index in [9.17, 15) is 0 Å². The number of methoxy groups -OCH3 is 1. The van der Waals surface area contributed by atoms with Crippen LogP contribution in [0.15, 0.2) is 0 Å². The first-order valence-electron chi connectivity index (χ1n) is 5.45. The van der Waals surface area contributed by atoms with Crippen molar-refractivity contribution in [2.24, 2.45) is 0 Å². The maximum Gasteiger partial charge on any atom is 0.0710 e. The quantitative estimate of drug-likeness (QED) is 0.678. The van der Waals surface area contributed by atoms with Gasteiger partial charge in [0, 0.05) is 39.3 Å². The van der Waals surface area contributed by atoms with Crippen LogP contribution in [-0.4, -0.2) is 63.5 Å². The first-order chi connectivity index (χ1) is 6.88. The molecule has 0 amide bonds. The van der Waals surface area contributed by atoms with Crippen LogP contribution in [0.2, 0.25) is 0 Å². The molecule has 0 aliphatic carbocycles. The van der Waals surface area contributed by atoms with Crippen molar-refractivity contribution in [2.75, 3.05) is 46.5 Å². The van der Waals surface area contributed by atoms with Crippen molar-refractivity contribution >= 4 is 0 Å². The second-order valence-electron chi connectivity index (χ2n) is 4.13. The molecule has 2 atom stereocenters. The van der Waals surface area contributed by atoms with E-state index >= 15 is 0 Å². The van der Waals surface area contributed by atoms with E-state index in [1.807, 2.05) is 0 Å². The molecule has 2 aliphatic heterocycles. The Morgan fingerprint density at radius 2 is 2.50 bits per heavy atom. The van der Waals surface area contributed by atoms with Crippen molar-refractivity contribution in [3.63, 3.8) is 0 Å². The first-order valence-corrected chi connectivity index (χ1v) is 5.45. The molecule has 0 aromatic rings. The standard InChI is InChI=1S/C10H20N2O2/c1-13-10-2-4-12(7-10)6-9-8-14-5-3-11-9/h9-11H,2-8H2,1H3. The van der Waals surface area contributed by atoms with Crippen LogP contribution in [0.4, 0.5) is 0 Å². The fraction of sp³-hybridized carbons (Fsp3) is 1.00. The lowest BCUT2D eigenvalue weighted by Crippen LogP contribution is -2.48. The minimum Gasteiger partial charge on any atom is -0.380 e. The predicted octanol–water partition coefficient (Wildman–Crippen LogP) is -0.304. The van der Waals surface area contributed by atoms with Gasteiger partial charge < -0.3 is 14.8 Å². The van der Waals surface area contributed by atoms with Gasteiger partial charge in [-0.25, -0.2) is 0 Å². The number of ether oxygens (including phenoxy) is 2. The molecule has 2 heterocycles. The Bertz CT molecular complexity index is 172. The third kappa shape index (κ3) is 2.67. The molecule has 0 bridgehead atoms. The van der Waals surface area contributed by atoms with E-state index in [1.54, 1.807) is 7.11 Å². The van der Waals surface area contributed by atoms with Crippen LogP contribution in [0.5, 0.6) is 0 Å². The van der Waals surface area contributed by atoms with Crippen molar-refractivity contribution in [3.05, 3.63) is 0 Å². The van der Waals surface area contributed by atoms with E-state index in [4.69, 9.17) is 9.47 Å². The molecule has 2 unspecified atom stereocenters. The highest BCUT2D eigenvalue weighted by atomic mass is 16.5. The van der Waals surface area contributed by atoms with E-state index < -0.39 is 0 Å². The van der Waals surface area contributed by atoms with Gasteiger partial charge in [0.05, 0.1) is 19.3 Å². The van der Waals surface area contributed by atoms with Crippen LogP contribution in [0.1, 0.15) is 6.42 Å². The van der Waals surface area contributed by atoms with E-state index in [-0.39, 0.29) is 0 Å². The number of morpholine rings is 1. The number of nitrogens with zero attached hydrogens (tertiary/aromatic N) is 1. The second kappa shape index (κ2) is 5.07. The molecule has 0 radical (unpaired) electrons. The number of likely N-dealkylation sites (tertiary alicyclic amines) is 1. The Hall–Kier alpha value is -0.160. The van der Waals surface area contributed by atoms with Crippen molar-refractivity contribution < 1.29 is 9.47 Å². The molecule has 2 rings (SSSR count). The summed E-state index contributed by atoms with van der Waals surface area (Å²) in [6.45, 7) is 6.04. The van der Waals surface area contributed by atoms with Crippen LogP contribution in [-0.2, 0) is 9.47 Å². The molecule has 2 fully saturated rings. The molecule has 0 saturated carbocycles. The Kier molecular flexibility index (Phi) is 3.75. The lowest BCUT2D eigenvalue weighted by molar-refractivity contribution is 0.0603. The van der Waals surface area contributed by atoms with Gasteiger partial charge in [-0.05, 0) is 6.42 Å². The summed E-state index contributed by atoms with van der Waals surface area (Å²) in [5.74, 6) is 0. The van der Waals surface area contributed by atoms with Gasteiger partial charge in [0.1, 0.15) is 0 Å². The topological polar surface area (TPSA) is 33.7 Å². The molecule has 0 spiro atoms. The third-order valence-electron chi connectivity index (χ3n) is 3.04. The highest BCUT2D eigenvalue weighted by Gasteiger charge is 2.24. The minimum absolute atomic E-state index is 0.444. The normalized spacial score (nSPS) is 34.9. The van der Waals surface area contributed by atoms with Gasteiger partial charge in [0.2, 0.25) is 0 Å². The summed E-state index contributed by atoms with van der Waals surface area (Å²) < 4.78 is 10.8. The summed E-state index contributed by atoms with van der Waals surface area (Å²) in [5.41, 5.74) is 0. The minimum atomic E-state index is 0.444. The van der Waals surface area contributed by atoms with Gasteiger partial charge in [-0.15, -0.1) is 0 Å². The average molecular weight is 200 g/mol. The Labute approximate surface area is 85.5 Å². The maximum atomic E-state index is 5.43. The molecule has 82 valence electrons. The molecule has 4 nitrogen and oxygen atoms in total. The molecule has 0 aromatic carbocycles. The highest BCUT2D eigenvalue weighted by molar-refractivity contribution is 4.81. The van der Waals surface area contributed by atoms with Crippen molar-refractivity contribution in [3.8, 4) is 0 Å². The molecular formula is C10H20N2O2. The number of hydrogen-bond acceptors (Lipinski definition) is 4. The monoisotopic (exact) mass is 200 g/mol. The van der Waals surface area contributed by atoms with Crippen LogP contribution in [0.25, 0.3) is 0 Å². The predicted molar refractivity (Wildman–Crippen MR) is 54.5 cm³/mol. The largest absolute Gasteiger partial charge is 0.380 e. The molecular weight excluding hydrogens is 180 g/mol. The summed E-state index contributed by atoms with van der Waals surface area (Å²) in [7, 11) is 1.80. The fourth-order valence-electron chi connectivity index (χ4n) is 2.20. The van der Waals surface area contributed by atoms with Crippen LogP contribution in [0, 0.1) is 0 Å². The highest BCUT2D eigenvalue weighted by Crippen LogP contribution is 2.12. The lowest BCUT2D eigenvalue weighted by Gasteiger charge is -2.27. The smallest absolute Gasteiger partial charge is 0.0710 e. The van der Waals surface area contributed by atoms with Gasteiger partial charge in [0.25, 0.3) is 0 Å². The zero-order valence-corrected chi connectivity index (χ0v) is 8.87. The average Bonchev–Trinajstić information content (AvgIpc) is 2.67. The molecule has 4 heteroatoms. The summed E-state index contributed by atoms with van der Waals surface area (Å²) in [6.07, 6.45) is 1.61. The van der Waals surface area contributed by atoms with Crippen LogP contribution < -0.4 is 5.32 Å².